The average molecular weight is 142 g/mol. The Morgan fingerprint density at radius 2 is 2.20 bits per heavy atom. The van der Waals surface area contributed by atoms with Gasteiger partial charge in [-0.15, -0.1) is 0 Å². The van der Waals surface area contributed by atoms with Crippen molar-refractivity contribution in [3.8, 4) is 0 Å². The topological polar surface area (TPSA) is 29.5 Å². The van der Waals surface area contributed by atoms with Gasteiger partial charge in [-0.05, 0) is 12.3 Å². The molecule has 2 bridgehead atoms. The van der Waals surface area contributed by atoms with Gasteiger partial charge >= 0.3 is 0 Å². The van der Waals surface area contributed by atoms with E-state index in [0.717, 1.165) is 19.3 Å². The molecule has 1 saturated carbocycles. The number of aliphatic hydroxyl groups excluding tert-OH is 1. The van der Waals surface area contributed by atoms with Crippen LogP contribution >= 0.6 is 0 Å². The van der Waals surface area contributed by atoms with Crippen LogP contribution in [0.1, 0.15) is 26.2 Å². The molecule has 3 rings (SSSR count). The van der Waals surface area contributed by atoms with Crippen LogP contribution in [-0.4, -0.2) is 23.4 Å². The van der Waals surface area contributed by atoms with Crippen molar-refractivity contribution in [3.63, 3.8) is 0 Å². The fraction of sp³-hybridized carbons (Fsp3) is 1.00. The summed E-state index contributed by atoms with van der Waals surface area (Å²) in [6.07, 6.45) is 3.76. The van der Waals surface area contributed by atoms with Gasteiger partial charge in [-0.3, -0.25) is 0 Å². The summed E-state index contributed by atoms with van der Waals surface area (Å²) in [4.78, 5) is 0. The van der Waals surface area contributed by atoms with E-state index in [1.54, 1.807) is 0 Å². The van der Waals surface area contributed by atoms with Gasteiger partial charge in [0.15, 0.2) is 0 Å². The third kappa shape index (κ3) is 0.789. The lowest BCUT2D eigenvalue weighted by atomic mass is 9.77. The Bertz CT molecular complexity index is 129. The zero-order chi connectivity index (χ0) is 7.14. The molecule has 10 heavy (non-hydrogen) atoms. The molecule has 3 aliphatic rings. The summed E-state index contributed by atoms with van der Waals surface area (Å²) in [6, 6.07) is 0. The van der Waals surface area contributed by atoms with Crippen LogP contribution in [0.15, 0.2) is 0 Å². The third-order valence-corrected chi connectivity index (χ3v) is 2.82. The molecule has 58 valence electrons. The Hall–Kier alpha value is -0.0800. The van der Waals surface area contributed by atoms with E-state index in [4.69, 9.17) is 4.74 Å². The highest BCUT2D eigenvalue weighted by Gasteiger charge is 2.45. The first-order valence-electron chi connectivity index (χ1n) is 4.14. The highest BCUT2D eigenvalue weighted by atomic mass is 16.5. The van der Waals surface area contributed by atoms with Gasteiger partial charge in [-0.1, -0.05) is 13.3 Å². The molecule has 1 N–H and O–H groups in total. The minimum Gasteiger partial charge on any atom is -0.390 e. The summed E-state index contributed by atoms with van der Waals surface area (Å²) in [7, 11) is 0. The summed E-state index contributed by atoms with van der Waals surface area (Å²) in [6.45, 7) is 2.14. The first-order valence-corrected chi connectivity index (χ1v) is 4.14. The fourth-order valence-electron chi connectivity index (χ4n) is 2.06. The summed E-state index contributed by atoms with van der Waals surface area (Å²) in [5, 5.41) is 9.55. The van der Waals surface area contributed by atoms with Crippen LogP contribution in [0.2, 0.25) is 0 Å². The molecule has 0 radical (unpaired) electrons. The van der Waals surface area contributed by atoms with Crippen molar-refractivity contribution in [2.75, 3.05) is 0 Å². The molecule has 0 aromatic carbocycles. The van der Waals surface area contributed by atoms with Crippen LogP contribution < -0.4 is 0 Å². The maximum absolute atomic E-state index is 9.55. The van der Waals surface area contributed by atoms with E-state index in [0.29, 0.717) is 12.0 Å². The average Bonchev–Trinajstić information content (AvgIpc) is 1.85. The number of fused-ring (bicyclic) bond motifs is 2. The molecule has 3 fully saturated rings. The summed E-state index contributed by atoms with van der Waals surface area (Å²) in [5.74, 6) is 0.512. The number of hydrogen-bond acceptors (Lipinski definition) is 2. The molecule has 2 nitrogen and oxygen atoms in total. The molecule has 1 aliphatic carbocycles. The zero-order valence-corrected chi connectivity index (χ0v) is 6.29. The Labute approximate surface area is 61.2 Å². The predicted octanol–water partition coefficient (Wildman–Crippen LogP) is 0.935. The quantitative estimate of drug-likeness (QED) is 0.590. The lowest BCUT2D eigenvalue weighted by Crippen LogP contribution is -2.54. The summed E-state index contributed by atoms with van der Waals surface area (Å²) >= 11 is 0. The van der Waals surface area contributed by atoms with Gasteiger partial charge in [0.25, 0.3) is 0 Å². The molecule has 0 unspecified atom stereocenters. The van der Waals surface area contributed by atoms with Crippen LogP contribution in [0.3, 0.4) is 0 Å². The fourth-order valence-corrected chi connectivity index (χ4v) is 2.06. The van der Waals surface area contributed by atoms with Crippen molar-refractivity contribution in [1.82, 2.24) is 0 Å². The molecule has 2 aliphatic heterocycles. The highest BCUT2D eigenvalue weighted by Crippen LogP contribution is 2.39. The number of ether oxygens (including phenoxy) is 1. The Morgan fingerprint density at radius 1 is 1.50 bits per heavy atom. The molecular formula is C8H14O2. The minimum absolute atomic E-state index is 0.171. The summed E-state index contributed by atoms with van der Waals surface area (Å²) in [5.41, 5.74) is 0. The Morgan fingerprint density at radius 3 is 2.60 bits per heavy atom. The SMILES string of the molecule is CC[C@H]1C[C@@H]2C[C@@H](O2)[C@H]1O. The van der Waals surface area contributed by atoms with E-state index in [1.807, 2.05) is 0 Å². The molecule has 0 aromatic rings. The third-order valence-electron chi connectivity index (χ3n) is 2.82. The molecular weight excluding hydrogens is 128 g/mol. The largest absolute Gasteiger partial charge is 0.390 e. The van der Waals surface area contributed by atoms with Crippen molar-refractivity contribution >= 4 is 0 Å². The zero-order valence-electron chi connectivity index (χ0n) is 6.29. The predicted molar refractivity (Wildman–Crippen MR) is 37.7 cm³/mol. The highest BCUT2D eigenvalue weighted by molar-refractivity contribution is 4.94. The standard InChI is InChI=1S/C8H14O2/c1-2-5-3-6-4-7(10-6)8(5)9/h5-9H,2-4H2,1H3/t5-,6+,7+,8-/m0/s1. The molecule has 2 saturated heterocycles. The van der Waals surface area contributed by atoms with Gasteiger partial charge < -0.3 is 9.84 Å². The first kappa shape index (κ1) is 6.62. The lowest BCUT2D eigenvalue weighted by molar-refractivity contribution is -0.228. The summed E-state index contributed by atoms with van der Waals surface area (Å²) < 4.78 is 5.37. The second-order valence-corrected chi connectivity index (χ2v) is 3.43. The van der Waals surface area contributed by atoms with Crippen LogP contribution in [0.4, 0.5) is 0 Å². The van der Waals surface area contributed by atoms with Crippen LogP contribution in [0.25, 0.3) is 0 Å². The smallest absolute Gasteiger partial charge is 0.0865 e. The first-order chi connectivity index (χ1) is 4.81. The van der Waals surface area contributed by atoms with Gasteiger partial charge in [-0.25, -0.2) is 0 Å². The number of aliphatic hydroxyl groups is 1. The molecule has 2 heteroatoms. The van der Waals surface area contributed by atoms with Gasteiger partial charge in [-0.2, -0.15) is 0 Å². The van der Waals surface area contributed by atoms with E-state index in [-0.39, 0.29) is 12.2 Å². The second-order valence-electron chi connectivity index (χ2n) is 3.43. The van der Waals surface area contributed by atoms with E-state index in [2.05, 4.69) is 6.92 Å². The van der Waals surface area contributed by atoms with Gasteiger partial charge in [0.05, 0.1) is 18.3 Å². The molecule has 0 amide bonds. The van der Waals surface area contributed by atoms with Crippen molar-refractivity contribution in [3.05, 3.63) is 0 Å². The Kier molecular flexibility index (Phi) is 1.46. The van der Waals surface area contributed by atoms with Gasteiger partial charge in [0.1, 0.15) is 0 Å². The maximum atomic E-state index is 9.55. The van der Waals surface area contributed by atoms with Crippen LogP contribution in [0.5, 0.6) is 0 Å². The normalized spacial score (nSPS) is 52.2. The molecule has 0 aromatic heterocycles. The van der Waals surface area contributed by atoms with E-state index >= 15 is 0 Å². The molecule has 0 spiro atoms. The molecule has 2 heterocycles. The minimum atomic E-state index is -0.171. The van der Waals surface area contributed by atoms with Gasteiger partial charge in [0.2, 0.25) is 0 Å². The van der Waals surface area contributed by atoms with Crippen LogP contribution in [-0.2, 0) is 4.74 Å². The van der Waals surface area contributed by atoms with Crippen molar-refractivity contribution < 1.29 is 9.84 Å². The van der Waals surface area contributed by atoms with E-state index in [9.17, 15) is 5.11 Å². The molecule has 4 atom stereocenters. The number of rotatable bonds is 1. The maximum Gasteiger partial charge on any atom is 0.0865 e. The van der Waals surface area contributed by atoms with Gasteiger partial charge in [0, 0.05) is 6.42 Å². The van der Waals surface area contributed by atoms with E-state index in [1.165, 1.54) is 0 Å². The Balaban J connectivity index is 1.99. The van der Waals surface area contributed by atoms with E-state index < -0.39 is 0 Å². The second kappa shape index (κ2) is 2.21. The monoisotopic (exact) mass is 142 g/mol. The van der Waals surface area contributed by atoms with Crippen molar-refractivity contribution in [2.24, 2.45) is 5.92 Å². The van der Waals surface area contributed by atoms with Crippen molar-refractivity contribution in [1.29, 1.82) is 0 Å². The number of hydrogen-bond donors (Lipinski definition) is 1. The van der Waals surface area contributed by atoms with Crippen molar-refractivity contribution in [2.45, 2.75) is 44.5 Å². The lowest BCUT2D eigenvalue weighted by Gasteiger charge is -2.48. The van der Waals surface area contributed by atoms with Crippen LogP contribution in [0, 0.1) is 5.92 Å².